The average molecular weight is 576 g/mol. The molecular weight excluding hydrogens is 541 g/mol. The van der Waals surface area contributed by atoms with Gasteiger partial charge in [0.05, 0.1) is 36.3 Å². The molecule has 12 heteroatoms. The minimum Gasteiger partial charge on any atom is -0.447 e. The van der Waals surface area contributed by atoms with Gasteiger partial charge in [-0.25, -0.2) is 14.2 Å². The fraction of sp³-hybridized carbons (Fsp3) is 0.367. The van der Waals surface area contributed by atoms with Crippen LogP contribution in [0.15, 0.2) is 55.4 Å². The van der Waals surface area contributed by atoms with E-state index in [1.165, 1.54) is 24.1 Å². The number of nitrogens with zero attached hydrogens (tertiary/aromatic N) is 5. The predicted molar refractivity (Wildman–Crippen MR) is 159 cm³/mol. The van der Waals surface area contributed by atoms with Gasteiger partial charge in [0.25, 0.3) is 0 Å². The predicted octanol–water partition coefficient (Wildman–Crippen LogP) is 4.66. The molecule has 2 amide bonds. The fourth-order valence-electron chi connectivity index (χ4n) is 5.04. The summed E-state index contributed by atoms with van der Waals surface area (Å²) >= 11 is 0. The zero-order chi connectivity index (χ0) is 29.8. The highest BCUT2D eigenvalue weighted by Crippen LogP contribution is 2.34. The Morgan fingerprint density at radius 2 is 1.98 bits per heavy atom. The van der Waals surface area contributed by atoms with Crippen LogP contribution < -0.4 is 20.4 Å². The summed E-state index contributed by atoms with van der Waals surface area (Å²) < 4.78 is 24.6. The van der Waals surface area contributed by atoms with E-state index in [-0.39, 0.29) is 30.3 Å². The number of amides is 2. The first kappa shape index (κ1) is 28.9. The van der Waals surface area contributed by atoms with E-state index in [0.29, 0.717) is 18.9 Å². The molecule has 2 aliphatic rings. The van der Waals surface area contributed by atoms with Crippen LogP contribution in [0.1, 0.15) is 31.1 Å². The first-order valence-corrected chi connectivity index (χ1v) is 13.8. The van der Waals surface area contributed by atoms with Crippen LogP contribution >= 0.6 is 0 Å². The molecule has 0 saturated carbocycles. The molecule has 0 bridgehead atoms. The smallest absolute Gasteiger partial charge is 0.416 e. The van der Waals surface area contributed by atoms with E-state index in [0.717, 1.165) is 41.2 Å². The third-order valence-corrected chi connectivity index (χ3v) is 7.35. The topological polar surface area (TPSA) is 122 Å². The van der Waals surface area contributed by atoms with Crippen LogP contribution in [0.3, 0.4) is 0 Å². The van der Waals surface area contributed by atoms with Crippen molar-refractivity contribution < 1.29 is 23.5 Å². The third-order valence-electron chi connectivity index (χ3n) is 7.35. The number of hydrogen-bond acceptors (Lipinski definition) is 9. The number of nitrogens with one attached hydrogen (secondary N) is 2. The molecule has 2 saturated heterocycles. The number of pyridine rings is 1. The molecule has 3 aromatic rings. The second kappa shape index (κ2) is 12.5. The Hall–Kier alpha value is -4.58. The van der Waals surface area contributed by atoms with E-state index >= 15 is 0 Å². The van der Waals surface area contributed by atoms with Gasteiger partial charge in [0, 0.05) is 31.0 Å². The molecule has 11 nitrogen and oxygen atoms in total. The number of carbonyl (C=O) groups is 2. The van der Waals surface area contributed by atoms with Gasteiger partial charge in [-0.3, -0.25) is 14.7 Å². The van der Waals surface area contributed by atoms with Crippen molar-refractivity contribution in [2.75, 3.05) is 53.3 Å². The van der Waals surface area contributed by atoms with E-state index in [1.807, 2.05) is 38.1 Å². The molecule has 3 atom stereocenters. The highest BCUT2D eigenvalue weighted by Gasteiger charge is 2.39. The molecule has 220 valence electrons. The Kier molecular flexibility index (Phi) is 8.62. The van der Waals surface area contributed by atoms with Gasteiger partial charge in [-0.05, 0) is 62.2 Å². The maximum absolute atomic E-state index is 14.1. The third kappa shape index (κ3) is 6.18. The Morgan fingerprint density at radius 3 is 2.69 bits per heavy atom. The van der Waals surface area contributed by atoms with Gasteiger partial charge in [0.2, 0.25) is 11.9 Å². The SMILES string of the molecule is C=CC(=O)Nc1cc(-c2cnc([C@H](C)Nc3nccc(N4C(=O)OC[C@@H]4[C@H](C)F)n3)cc2C)ccc1N1CCOCC1. The number of anilines is 4. The molecule has 4 heterocycles. The maximum Gasteiger partial charge on any atom is 0.416 e. The van der Waals surface area contributed by atoms with Gasteiger partial charge in [-0.1, -0.05) is 12.6 Å². The van der Waals surface area contributed by atoms with Crippen molar-refractivity contribution in [2.45, 2.75) is 39.0 Å². The summed E-state index contributed by atoms with van der Waals surface area (Å²) in [4.78, 5) is 41.3. The highest BCUT2D eigenvalue weighted by molar-refractivity contribution is 6.02. The van der Waals surface area contributed by atoms with Gasteiger partial charge in [-0.2, -0.15) is 4.98 Å². The molecule has 0 unspecified atom stereocenters. The van der Waals surface area contributed by atoms with E-state index in [1.54, 1.807) is 12.3 Å². The van der Waals surface area contributed by atoms with Crippen LogP contribution in [0, 0.1) is 6.92 Å². The maximum atomic E-state index is 14.1. The van der Waals surface area contributed by atoms with Gasteiger partial charge >= 0.3 is 6.09 Å². The van der Waals surface area contributed by atoms with E-state index in [2.05, 4.69) is 32.1 Å². The largest absolute Gasteiger partial charge is 0.447 e. The van der Waals surface area contributed by atoms with Crippen molar-refractivity contribution in [2.24, 2.45) is 0 Å². The lowest BCUT2D eigenvalue weighted by Gasteiger charge is -2.30. The standard InChI is InChI=1S/C30H34FN7O4/c1-5-28(39)35-24-15-21(6-7-25(24)37-10-12-41-13-11-37)22-16-33-23(14-18(22)2)20(4)34-29-32-9-8-27(36-29)38-26(19(3)31)17-42-30(38)40/h5-9,14-16,19-20,26H,1,10-13,17H2,2-4H3,(H,35,39)(H,32,34,36)/t19-,20-,26+/m0/s1. The quantitative estimate of drug-likeness (QED) is 0.351. The molecule has 2 fully saturated rings. The van der Waals surface area contributed by atoms with Crippen molar-refractivity contribution in [1.82, 2.24) is 15.0 Å². The molecule has 5 rings (SSSR count). The van der Waals surface area contributed by atoms with Crippen LogP contribution in [0.4, 0.5) is 32.3 Å². The lowest BCUT2D eigenvalue weighted by atomic mass is 9.99. The average Bonchev–Trinajstić information content (AvgIpc) is 3.39. The molecule has 0 spiro atoms. The van der Waals surface area contributed by atoms with E-state index < -0.39 is 18.3 Å². The number of aromatic nitrogens is 3. The second-order valence-corrected chi connectivity index (χ2v) is 10.2. The summed E-state index contributed by atoms with van der Waals surface area (Å²) in [5, 5.41) is 6.16. The van der Waals surface area contributed by atoms with Gasteiger partial charge in [0.1, 0.15) is 24.6 Å². The van der Waals surface area contributed by atoms with Crippen molar-refractivity contribution in [3.63, 3.8) is 0 Å². The number of rotatable bonds is 9. The minimum absolute atomic E-state index is 0.0344. The summed E-state index contributed by atoms with van der Waals surface area (Å²) in [6.07, 6.45) is 2.64. The lowest BCUT2D eigenvalue weighted by molar-refractivity contribution is -0.111. The summed E-state index contributed by atoms with van der Waals surface area (Å²) in [5.74, 6) is 0.250. The van der Waals surface area contributed by atoms with Gasteiger partial charge in [0.15, 0.2) is 0 Å². The van der Waals surface area contributed by atoms with Crippen molar-refractivity contribution >= 4 is 35.1 Å². The normalized spacial score (nSPS) is 18.3. The minimum atomic E-state index is -1.28. The van der Waals surface area contributed by atoms with Crippen LogP contribution in [-0.4, -0.2) is 72.1 Å². The molecule has 2 aromatic heterocycles. The van der Waals surface area contributed by atoms with Crippen LogP contribution in [0.5, 0.6) is 0 Å². The number of alkyl halides is 1. The van der Waals surface area contributed by atoms with Crippen LogP contribution in [-0.2, 0) is 14.3 Å². The highest BCUT2D eigenvalue weighted by atomic mass is 19.1. The lowest BCUT2D eigenvalue weighted by Crippen LogP contribution is -2.39. The number of morpholine rings is 1. The molecule has 2 aliphatic heterocycles. The van der Waals surface area contributed by atoms with Crippen LogP contribution in [0.2, 0.25) is 0 Å². The number of hydrogen-bond donors (Lipinski definition) is 2. The zero-order valence-electron chi connectivity index (χ0n) is 23.8. The summed E-state index contributed by atoms with van der Waals surface area (Å²) in [6.45, 7) is 11.6. The zero-order valence-corrected chi connectivity index (χ0v) is 23.8. The van der Waals surface area contributed by atoms with Crippen molar-refractivity contribution in [1.29, 1.82) is 0 Å². The van der Waals surface area contributed by atoms with Gasteiger partial charge < -0.3 is 25.0 Å². The Balaban J connectivity index is 1.35. The monoisotopic (exact) mass is 575 g/mol. The number of carbonyl (C=O) groups excluding carboxylic acids is 2. The van der Waals surface area contributed by atoms with E-state index in [4.69, 9.17) is 14.5 Å². The number of halogens is 1. The van der Waals surface area contributed by atoms with Gasteiger partial charge in [-0.15, -0.1) is 0 Å². The molecule has 0 aliphatic carbocycles. The fourth-order valence-corrected chi connectivity index (χ4v) is 5.04. The Labute approximate surface area is 243 Å². The first-order valence-electron chi connectivity index (χ1n) is 13.8. The number of aryl methyl sites for hydroxylation is 1. The van der Waals surface area contributed by atoms with Crippen molar-refractivity contribution in [3.05, 3.63) is 66.6 Å². The summed E-state index contributed by atoms with van der Waals surface area (Å²) in [7, 11) is 0. The van der Waals surface area contributed by atoms with Crippen LogP contribution in [0.25, 0.3) is 11.1 Å². The molecule has 1 aromatic carbocycles. The second-order valence-electron chi connectivity index (χ2n) is 10.2. The molecular formula is C30H34FN7O4. The van der Waals surface area contributed by atoms with Crippen molar-refractivity contribution in [3.8, 4) is 11.1 Å². The molecule has 2 N–H and O–H groups in total. The number of benzene rings is 1. The Morgan fingerprint density at radius 1 is 1.19 bits per heavy atom. The first-order chi connectivity index (χ1) is 20.2. The number of cyclic esters (lactones) is 1. The summed E-state index contributed by atoms with van der Waals surface area (Å²) in [6, 6.07) is 8.48. The van der Waals surface area contributed by atoms with E-state index in [9.17, 15) is 14.0 Å². The number of ether oxygens (including phenoxy) is 2. The molecule has 0 radical (unpaired) electrons. The molecule has 42 heavy (non-hydrogen) atoms. The summed E-state index contributed by atoms with van der Waals surface area (Å²) in [5.41, 5.74) is 5.20. The Bertz CT molecular complexity index is 1480.